The Hall–Kier alpha value is -3.36. The van der Waals surface area contributed by atoms with Crippen LogP contribution in [0.4, 0.5) is 5.82 Å². The molecule has 4 rings (SSSR count). The number of fused-ring (bicyclic) bond motifs is 1. The van der Waals surface area contributed by atoms with E-state index in [-0.39, 0.29) is 5.91 Å². The zero-order valence-electron chi connectivity index (χ0n) is 17.7. The Labute approximate surface area is 175 Å². The second-order valence-electron chi connectivity index (χ2n) is 7.58. The molecule has 1 fully saturated rings. The second-order valence-corrected chi connectivity index (χ2v) is 7.58. The lowest BCUT2D eigenvalue weighted by molar-refractivity contribution is 0.0745. The van der Waals surface area contributed by atoms with Crippen LogP contribution in [0.5, 0.6) is 11.5 Å². The molecule has 2 aromatic heterocycles. The van der Waals surface area contributed by atoms with E-state index in [1.165, 1.54) is 0 Å². The van der Waals surface area contributed by atoms with Gasteiger partial charge in [0, 0.05) is 49.6 Å². The fourth-order valence-electron chi connectivity index (χ4n) is 3.68. The molecule has 9 nitrogen and oxygen atoms in total. The van der Waals surface area contributed by atoms with Gasteiger partial charge in [0.15, 0.2) is 0 Å². The van der Waals surface area contributed by atoms with Crippen molar-refractivity contribution < 1.29 is 14.3 Å². The minimum Gasteiger partial charge on any atom is -0.497 e. The summed E-state index contributed by atoms with van der Waals surface area (Å²) < 4.78 is 12.5. The summed E-state index contributed by atoms with van der Waals surface area (Å²) in [6.07, 6.45) is 1.69. The summed E-state index contributed by atoms with van der Waals surface area (Å²) in [5.41, 5.74) is 1.67. The van der Waals surface area contributed by atoms with Gasteiger partial charge in [-0.05, 0) is 18.1 Å². The molecule has 0 radical (unpaired) electrons. The van der Waals surface area contributed by atoms with Crippen LogP contribution in [-0.2, 0) is 0 Å². The Morgan fingerprint density at radius 3 is 2.27 bits per heavy atom. The number of ether oxygens (including phenoxy) is 2. The number of benzene rings is 1. The largest absolute Gasteiger partial charge is 0.497 e. The molecule has 3 heterocycles. The van der Waals surface area contributed by atoms with Crippen LogP contribution in [-0.4, -0.2) is 70.8 Å². The fraction of sp³-hybridized carbons (Fsp3) is 0.429. The van der Waals surface area contributed by atoms with Crippen LogP contribution in [0.15, 0.2) is 30.6 Å². The molecule has 0 unspecified atom stereocenters. The summed E-state index contributed by atoms with van der Waals surface area (Å²) in [7, 11) is 3.15. The van der Waals surface area contributed by atoms with Gasteiger partial charge in [0.05, 0.1) is 14.2 Å². The smallest absolute Gasteiger partial charge is 0.256 e. The standard InChI is InChI=1S/C21H26N6O3/c1-14(2)18-12-19(23-21-24-22-13-27(18)21)25-5-7-26(8-6-25)20(28)15-9-16(29-3)11-17(10-15)30-4/h9-14H,5-8H2,1-4H3. The molecule has 1 aliphatic rings. The third-order valence-electron chi connectivity index (χ3n) is 5.38. The molecule has 1 aliphatic heterocycles. The zero-order valence-corrected chi connectivity index (χ0v) is 17.7. The summed E-state index contributed by atoms with van der Waals surface area (Å²) in [6, 6.07) is 7.33. The molecular formula is C21H26N6O3. The molecule has 0 saturated carbocycles. The average Bonchev–Trinajstić information content (AvgIpc) is 3.26. The first kappa shape index (κ1) is 19.9. The van der Waals surface area contributed by atoms with Crippen LogP contribution < -0.4 is 14.4 Å². The number of amides is 1. The Bertz CT molecular complexity index is 1030. The number of aromatic nitrogens is 4. The molecule has 0 bridgehead atoms. The molecule has 0 atom stereocenters. The van der Waals surface area contributed by atoms with Crippen molar-refractivity contribution in [3.63, 3.8) is 0 Å². The van der Waals surface area contributed by atoms with Gasteiger partial charge < -0.3 is 19.3 Å². The van der Waals surface area contributed by atoms with Gasteiger partial charge >= 0.3 is 0 Å². The highest BCUT2D eigenvalue weighted by Crippen LogP contribution is 2.25. The van der Waals surface area contributed by atoms with Crippen molar-refractivity contribution in [2.45, 2.75) is 19.8 Å². The first-order valence-electron chi connectivity index (χ1n) is 9.98. The number of carbonyl (C=O) groups excluding carboxylic acids is 1. The maximum absolute atomic E-state index is 13.0. The van der Waals surface area contributed by atoms with Crippen LogP contribution in [0.25, 0.3) is 5.78 Å². The van der Waals surface area contributed by atoms with Gasteiger partial charge in [-0.2, -0.15) is 4.98 Å². The van der Waals surface area contributed by atoms with Crippen LogP contribution in [0.1, 0.15) is 35.8 Å². The lowest BCUT2D eigenvalue weighted by atomic mass is 10.1. The average molecular weight is 410 g/mol. The topological polar surface area (TPSA) is 85.1 Å². The van der Waals surface area contributed by atoms with E-state index in [0.717, 1.165) is 11.5 Å². The van der Waals surface area contributed by atoms with E-state index in [1.54, 1.807) is 38.7 Å². The number of rotatable bonds is 5. The normalized spacial score (nSPS) is 14.4. The Kier molecular flexibility index (Phi) is 5.43. The van der Waals surface area contributed by atoms with Crippen molar-refractivity contribution in [3.05, 3.63) is 41.9 Å². The molecule has 30 heavy (non-hydrogen) atoms. The van der Waals surface area contributed by atoms with Gasteiger partial charge in [-0.15, -0.1) is 10.2 Å². The van der Waals surface area contributed by atoms with E-state index in [9.17, 15) is 4.79 Å². The van der Waals surface area contributed by atoms with Gasteiger partial charge in [0.2, 0.25) is 0 Å². The monoisotopic (exact) mass is 410 g/mol. The molecule has 0 N–H and O–H groups in total. The number of piperazine rings is 1. The van der Waals surface area contributed by atoms with E-state index < -0.39 is 0 Å². The Balaban J connectivity index is 1.50. The van der Waals surface area contributed by atoms with Crippen LogP contribution in [0, 0.1) is 0 Å². The molecule has 0 aliphatic carbocycles. The van der Waals surface area contributed by atoms with Crippen molar-refractivity contribution in [1.29, 1.82) is 0 Å². The molecule has 1 aromatic carbocycles. The molecule has 1 saturated heterocycles. The van der Waals surface area contributed by atoms with Crippen molar-refractivity contribution in [2.24, 2.45) is 0 Å². The van der Waals surface area contributed by atoms with Gasteiger partial charge in [-0.3, -0.25) is 9.20 Å². The van der Waals surface area contributed by atoms with Gasteiger partial charge in [0.1, 0.15) is 23.6 Å². The lowest BCUT2D eigenvalue weighted by Gasteiger charge is -2.35. The summed E-state index contributed by atoms with van der Waals surface area (Å²) in [6.45, 7) is 6.88. The van der Waals surface area contributed by atoms with Crippen molar-refractivity contribution in [3.8, 4) is 11.5 Å². The SMILES string of the molecule is COc1cc(OC)cc(C(=O)N2CCN(c3cc(C(C)C)n4cnnc4n3)CC2)c1. The lowest BCUT2D eigenvalue weighted by Crippen LogP contribution is -2.49. The molecule has 9 heteroatoms. The highest BCUT2D eigenvalue weighted by Gasteiger charge is 2.25. The second kappa shape index (κ2) is 8.17. The summed E-state index contributed by atoms with van der Waals surface area (Å²) >= 11 is 0. The minimum absolute atomic E-state index is 0.0319. The maximum Gasteiger partial charge on any atom is 0.256 e. The summed E-state index contributed by atoms with van der Waals surface area (Å²) in [4.78, 5) is 21.7. The van der Waals surface area contributed by atoms with Crippen LogP contribution in [0.2, 0.25) is 0 Å². The Morgan fingerprint density at radius 1 is 1.00 bits per heavy atom. The zero-order chi connectivity index (χ0) is 21.3. The third-order valence-corrected chi connectivity index (χ3v) is 5.38. The molecule has 0 spiro atoms. The van der Waals surface area contributed by atoms with Crippen molar-refractivity contribution in [2.75, 3.05) is 45.3 Å². The third kappa shape index (κ3) is 3.74. The number of carbonyl (C=O) groups is 1. The Morgan fingerprint density at radius 2 is 1.67 bits per heavy atom. The van der Waals surface area contributed by atoms with E-state index in [1.807, 2.05) is 9.30 Å². The maximum atomic E-state index is 13.0. The molecule has 3 aromatic rings. The fourth-order valence-corrected chi connectivity index (χ4v) is 3.68. The summed E-state index contributed by atoms with van der Waals surface area (Å²) in [5.74, 6) is 2.95. The molecule has 1 amide bonds. The number of anilines is 1. The predicted octanol–water partition coefficient (Wildman–Crippen LogP) is 2.23. The van der Waals surface area contributed by atoms with E-state index in [0.29, 0.717) is 54.9 Å². The first-order valence-corrected chi connectivity index (χ1v) is 9.98. The van der Waals surface area contributed by atoms with Crippen LogP contribution >= 0.6 is 0 Å². The van der Waals surface area contributed by atoms with E-state index in [4.69, 9.17) is 9.47 Å². The number of methoxy groups -OCH3 is 2. The van der Waals surface area contributed by atoms with Crippen LogP contribution in [0.3, 0.4) is 0 Å². The quantitative estimate of drug-likeness (QED) is 0.638. The first-order chi connectivity index (χ1) is 14.5. The molecular weight excluding hydrogens is 384 g/mol. The van der Waals surface area contributed by atoms with Gasteiger partial charge in [-0.1, -0.05) is 13.8 Å². The summed E-state index contributed by atoms with van der Waals surface area (Å²) in [5, 5.41) is 8.11. The number of hydrogen-bond donors (Lipinski definition) is 0. The van der Waals surface area contributed by atoms with E-state index in [2.05, 4.69) is 40.0 Å². The predicted molar refractivity (Wildman–Crippen MR) is 113 cm³/mol. The van der Waals surface area contributed by atoms with Gasteiger partial charge in [0.25, 0.3) is 11.7 Å². The number of nitrogens with zero attached hydrogens (tertiary/aromatic N) is 6. The van der Waals surface area contributed by atoms with Crippen molar-refractivity contribution in [1.82, 2.24) is 24.5 Å². The number of hydrogen-bond acceptors (Lipinski definition) is 7. The molecule has 158 valence electrons. The van der Waals surface area contributed by atoms with Gasteiger partial charge in [-0.25, -0.2) is 0 Å². The van der Waals surface area contributed by atoms with E-state index >= 15 is 0 Å². The minimum atomic E-state index is -0.0319. The highest BCUT2D eigenvalue weighted by atomic mass is 16.5. The van der Waals surface area contributed by atoms with Crippen molar-refractivity contribution >= 4 is 17.5 Å². The highest BCUT2D eigenvalue weighted by molar-refractivity contribution is 5.95.